The Bertz CT molecular complexity index is 344. The van der Waals surface area contributed by atoms with E-state index >= 15 is 0 Å². The average molecular weight is 206 g/mol. The van der Waals surface area contributed by atoms with Crippen molar-refractivity contribution in [3.8, 4) is 0 Å². The number of hydrogen-bond donors (Lipinski definition) is 1. The highest BCUT2D eigenvalue weighted by Crippen LogP contribution is 2.25. The second-order valence-electron chi connectivity index (χ2n) is 5.49. The molecular formula is C13H22N2. The number of fused-ring (bicyclic) bond motifs is 1. The molecule has 1 aromatic heterocycles. The summed E-state index contributed by atoms with van der Waals surface area (Å²) >= 11 is 0. The van der Waals surface area contributed by atoms with Crippen LogP contribution in [0.15, 0.2) is 6.07 Å². The zero-order valence-corrected chi connectivity index (χ0v) is 10.4. The first kappa shape index (κ1) is 10.7. The summed E-state index contributed by atoms with van der Waals surface area (Å²) in [6.07, 6.45) is 2.31. The smallest absolute Gasteiger partial charge is 0.0393 e. The van der Waals surface area contributed by atoms with Crippen LogP contribution in [0, 0.1) is 0 Å². The number of aryl methyl sites for hydroxylation is 1. The molecule has 0 aromatic carbocycles. The number of rotatable bonds is 1. The molecule has 1 aromatic rings. The van der Waals surface area contributed by atoms with Crippen molar-refractivity contribution in [2.75, 3.05) is 6.54 Å². The molecular weight excluding hydrogens is 184 g/mol. The Morgan fingerprint density at radius 1 is 1.40 bits per heavy atom. The van der Waals surface area contributed by atoms with Gasteiger partial charge < -0.3 is 4.98 Å². The third kappa shape index (κ3) is 2.10. The second-order valence-corrected chi connectivity index (χ2v) is 5.49. The highest BCUT2D eigenvalue weighted by molar-refractivity contribution is 5.28. The van der Waals surface area contributed by atoms with Gasteiger partial charge in [0.15, 0.2) is 0 Å². The fourth-order valence-electron chi connectivity index (χ4n) is 2.26. The van der Waals surface area contributed by atoms with E-state index in [1.807, 2.05) is 0 Å². The van der Waals surface area contributed by atoms with Crippen LogP contribution in [0.2, 0.25) is 0 Å². The summed E-state index contributed by atoms with van der Waals surface area (Å²) in [5.41, 5.74) is 4.64. The zero-order chi connectivity index (χ0) is 11.1. The summed E-state index contributed by atoms with van der Waals surface area (Å²) in [6, 6.07) is 2.34. The summed E-state index contributed by atoms with van der Waals surface area (Å²) in [5, 5.41) is 0. The quantitative estimate of drug-likeness (QED) is 0.748. The molecule has 84 valence electrons. The molecule has 0 amide bonds. The Labute approximate surface area is 92.7 Å². The first-order valence-corrected chi connectivity index (χ1v) is 5.95. The molecule has 2 heteroatoms. The predicted octanol–water partition coefficient (Wildman–Crippen LogP) is 2.73. The minimum absolute atomic E-state index is 0.287. The van der Waals surface area contributed by atoms with E-state index in [2.05, 4.69) is 43.6 Å². The lowest BCUT2D eigenvalue weighted by Crippen LogP contribution is -2.44. The molecule has 1 aliphatic rings. The lowest BCUT2D eigenvalue weighted by Gasteiger charge is -2.38. The van der Waals surface area contributed by atoms with Crippen molar-refractivity contribution in [2.45, 2.75) is 52.6 Å². The van der Waals surface area contributed by atoms with Crippen LogP contribution < -0.4 is 0 Å². The Hall–Kier alpha value is -0.760. The molecule has 2 nitrogen and oxygen atoms in total. The van der Waals surface area contributed by atoms with E-state index in [1.54, 1.807) is 0 Å². The van der Waals surface area contributed by atoms with Gasteiger partial charge in [0, 0.05) is 30.0 Å². The Kier molecular flexibility index (Phi) is 2.63. The number of nitrogens with zero attached hydrogens (tertiary/aromatic N) is 1. The number of aromatic nitrogens is 1. The van der Waals surface area contributed by atoms with Gasteiger partial charge in [0.2, 0.25) is 0 Å². The molecule has 0 spiro atoms. The van der Waals surface area contributed by atoms with Crippen LogP contribution in [0.25, 0.3) is 0 Å². The van der Waals surface area contributed by atoms with Crippen molar-refractivity contribution < 1.29 is 0 Å². The third-order valence-electron chi connectivity index (χ3n) is 3.38. The van der Waals surface area contributed by atoms with Crippen LogP contribution in [0.5, 0.6) is 0 Å². The molecule has 0 saturated carbocycles. The summed E-state index contributed by atoms with van der Waals surface area (Å²) in [7, 11) is 0. The van der Waals surface area contributed by atoms with Gasteiger partial charge in [-0.2, -0.15) is 0 Å². The molecule has 15 heavy (non-hydrogen) atoms. The maximum absolute atomic E-state index is 3.54. The standard InChI is InChI=1S/C13H22N2/c1-5-11-8-10-6-7-15(13(2,3)4)9-12(10)14-11/h8,14H,5-7,9H2,1-4H3. The monoisotopic (exact) mass is 206 g/mol. The lowest BCUT2D eigenvalue weighted by atomic mass is 10.00. The summed E-state index contributed by atoms with van der Waals surface area (Å²) < 4.78 is 0. The van der Waals surface area contributed by atoms with Gasteiger partial charge >= 0.3 is 0 Å². The van der Waals surface area contributed by atoms with Crippen LogP contribution in [-0.2, 0) is 19.4 Å². The number of H-pyrrole nitrogens is 1. The van der Waals surface area contributed by atoms with Gasteiger partial charge in [-0.25, -0.2) is 0 Å². The molecule has 0 unspecified atom stereocenters. The van der Waals surface area contributed by atoms with Crippen molar-refractivity contribution in [1.29, 1.82) is 0 Å². The third-order valence-corrected chi connectivity index (χ3v) is 3.38. The average Bonchev–Trinajstić information content (AvgIpc) is 2.57. The minimum atomic E-state index is 0.287. The van der Waals surface area contributed by atoms with Crippen LogP contribution in [0.4, 0.5) is 0 Å². The molecule has 0 atom stereocenters. The van der Waals surface area contributed by atoms with Crippen LogP contribution in [-0.4, -0.2) is 22.0 Å². The van der Waals surface area contributed by atoms with Gasteiger partial charge in [-0.05, 0) is 45.2 Å². The Balaban J connectivity index is 2.19. The van der Waals surface area contributed by atoms with Crippen molar-refractivity contribution in [3.63, 3.8) is 0 Å². The molecule has 1 aliphatic heterocycles. The van der Waals surface area contributed by atoms with E-state index in [9.17, 15) is 0 Å². The van der Waals surface area contributed by atoms with Gasteiger partial charge in [0.25, 0.3) is 0 Å². The SMILES string of the molecule is CCc1cc2c([nH]1)CN(C(C)(C)C)CC2. The highest BCUT2D eigenvalue weighted by atomic mass is 15.2. The topological polar surface area (TPSA) is 19.0 Å². The van der Waals surface area contributed by atoms with Crippen LogP contribution in [0.3, 0.4) is 0 Å². The van der Waals surface area contributed by atoms with Gasteiger partial charge in [0.1, 0.15) is 0 Å². The van der Waals surface area contributed by atoms with E-state index in [0.29, 0.717) is 0 Å². The summed E-state index contributed by atoms with van der Waals surface area (Å²) in [4.78, 5) is 6.09. The van der Waals surface area contributed by atoms with E-state index in [0.717, 1.165) is 13.0 Å². The fraction of sp³-hybridized carbons (Fsp3) is 0.692. The normalized spacial score (nSPS) is 17.9. The van der Waals surface area contributed by atoms with Crippen molar-refractivity contribution in [1.82, 2.24) is 9.88 Å². The lowest BCUT2D eigenvalue weighted by molar-refractivity contribution is 0.119. The van der Waals surface area contributed by atoms with E-state index in [-0.39, 0.29) is 5.54 Å². The molecule has 0 radical (unpaired) electrons. The molecule has 0 aliphatic carbocycles. The molecule has 0 bridgehead atoms. The maximum atomic E-state index is 3.54. The largest absolute Gasteiger partial charge is 0.361 e. The highest BCUT2D eigenvalue weighted by Gasteiger charge is 2.26. The maximum Gasteiger partial charge on any atom is 0.0393 e. The number of nitrogens with one attached hydrogen (secondary N) is 1. The van der Waals surface area contributed by atoms with Crippen LogP contribution >= 0.6 is 0 Å². The zero-order valence-electron chi connectivity index (χ0n) is 10.4. The van der Waals surface area contributed by atoms with E-state index in [1.165, 1.54) is 29.9 Å². The summed E-state index contributed by atoms with van der Waals surface area (Å²) in [6.45, 7) is 11.4. The van der Waals surface area contributed by atoms with Gasteiger partial charge in [-0.1, -0.05) is 6.92 Å². The van der Waals surface area contributed by atoms with E-state index in [4.69, 9.17) is 0 Å². The Morgan fingerprint density at radius 3 is 2.73 bits per heavy atom. The molecule has 2 rings (SSSR count). The van der Waals surface area contributed by atoms with Gasteiger partial charge in [-0.15, -0.1) is 0 Å². The van der Waals surface area contributed by atoms with Gasteiger partial charge in [-0.3, -0.25) is 4.90 Å². The molecule has 1 N–H and O–H groups in total. The van der Waals surface area contributed by atoms with Crippen molar-refractivity contribution in [3.05, 3.63) is 23.0 Å². The molecule has 0 fully saturated rings. The summed E-state index contributed by atoms with van der Waals surface area (Å²) in [5.74, 6) is 0. The first-order valence-electron chi connectivity index (χ1n) is 5.95. The second kappa shape index (κ2) is 3.67. The minimum Gasteiger partial charge on any atom is -0.361 e. The van der Waals surface area contributed by atoms with Gasteiger partial charge in [0.05, 0.1) is 0 Å². The van der Waals surface area contributed by atoms with Crippen molar-refractivity contribution in [2.24, 2.45) is 0 Å². The fourth-order valence-corrected chi connectivity index (χ4v) is 2.26. The Morgan fingerprint density at radius 2 is 2.13 bits per heavy atom. The van der Waals surface area contributed by atoms with E-state index < -0.39 is 0 Å². The number of aromatic amines is 1. The van der Waals surface area contributed by atoms with Crippen molar-refractivity contribution >= 4 is 0 Å². The number of hydrogen-bond acceptors (Lipinski definition) is 1. The molecule has 0 saturated heterocycles. The van der Waals surface area contributed by atoms with Crippen LogP contribution in [0.1, 0.15) is 44.6 Å². The molecule has 2 heterocycles. The predicted molar refractivity (Wildman–Crippen MR) is 64.0 cm³/mol. The first-order chi connectivity index (χ1) is 7.00.